The average molecular weight is 412 g/mol. The van der Waals surface area contributed by atoms with Crippen molar-refractivity contribution in [2.24, 2.45) is 5.92 Å². The molecule has 0 aliphatic carbocycles. The van der Waals surface area contributed by atoms with Crippen LogP contribution in [0.25, 0.3) is 0 Å². The van der Waals surface area contributed by atoms with Gasteiger partial charge in [0.15, 0.2) is 0 Å². The second kappa shape index (κ2) is 11.6. The number of hydrogen-bond donors (Lipinski definition) is 3. The Hall–Kier alpha value is -3.35. The van der Waals surface area contributed by atoms with E-state index in [2.05, 4.69) is 16.0 Å². The van der Waals surface area contributed by atoms with Gasteiger partial charge >= 0.3 is 5.97 Å². The van der Waals surface area contributed by atoms with Gasteiger partial charge in [-0.05, 0) is 48.7 Å². The first-order chi connectivity index (χ1) is 14.4. The summed E-state index contributed by atoms with van der Waals surface area (Å²) in [6.45, 7) is 3.91. The monoisotopic (exact) mass is 411 g/mol. The van der Waals surface area contributed by atoms with Crippen LogP contribution < -0.4 is 16.0 Å². The summed E-state index contributed by atoms with van der Waals surface area (Å²) in [6, 6.07) is 16.4. The van der Waals surface area contributed by atoms with Crippen LogP contribution >= 0.6 is 0 Å². The smallest absolute Gasteiger partial charge is 0.328 e. The van der Waals surface area contributed by atoms with Crippen molar-refractivity contribution in [2.75, 3.05) is 17.7 Å². The van der Waals surface area contributed by atoms with Crippen LogP contribution in [0, 0.1) is 5.92 Å². The molecule has 0 spiro atoms. The van der Waals surface area contributed by atoms with Gasteiger partial charge in [0.05, 0.1) is 7.11 Å². The number of carbonyl (C=O) groups excluding carboxylic acids is 3. The van der Waals surface area contributed by atoms with Crippen molar-refractivity contribution in [1.82, 2.24) is 5.32 Å². The van der Waals surface area contributed by atoms with Crippen molar-refractivity contribution in [3.05, 3.63) is 54.6 Å². The van der Waals surface area contributed by atoms with E-state index in [1.807, 2.05) is 56.3 Å². The maximum atomic E-state index is 12.1. The number of rotatable bonds is 10. The van der Waals surface area contributed by atoms with Gasteiger partial charge in [-0.15, -0.1) is 0 Å². The van der Waals surface area contributed by atoms with Crippen LogP contribution in [0.15, 0.2) is 54.6 Å². The fraction of sp³-hybridized carbons (Fsp3) is 0.348. The van der Waals surface area contributed by atoms with E-state index in [1.165, 1.54) is 7.11 Å². The van der Waals surface area contributed by atoms with Crippen LogP contribution in [0.1, 0.15) is 33.1 Å². The molecule has 0 bridgehead atoms. The van der Waals surface area contributed by atoms with Crippen molar-refractivity contribution in [2.45, 2.75) is 39.2 Å². The van der Waals surface area contributed by atoms with E-state index in [0.717, 1.165) is 11.4 Å². The number of esters is 1. The third-order valence-electron chi connectivity index (χ3n) is 4.34. The molecule has 0 saturated heterocycles. The summed E-state index contributed by atoms with van der Waals surface area (Å²) < 4.78 is 4.73. The second-order valence-corrected chi connectivity index (χ2v) is 7.39. The molecule has 7 nitrogen and oxygen atoms in total. The molecular weight excluding hydrogens is 382 g/mol. The fourth-order valence-electron chi connectivity index (χ4n) is 2.87. The van der Waals surface area contributed by atoms with Crippen LogP contribution in [-0.2, 0) is 19.1 Å². The van der Waals surface area contributed by atoms with E-state index < -0.39 is 12.0 Å². The Morgan fingerprint density at radius 2 is 1.40 bits per heavy atom. The highest BCUT2D eigenvalue weighted by Gasteiger charge is 2.22. The van der Waals surface area contributed by atoms with Crippen molar-refractivity contribution in [3.63, 3.8) is 0 Å². The lowest BCUT2D eigenvalue weighted by Crippen LogP contribution is -2.42. The third-order valence-corrected chi connectivity index (χ3v) is 4.34. The molecule has 7 heteroatoms. The first kappa shape index (κ1) is 22.9. The minimum absolute atomic E-state index is 0.00886. The van der Waals surface area contributed by atoms with Crippen LogP contribution in [0.2, 0.25) is 0 Å². The molecule has 0 saturated carbocycles. The summed E-state index contributed by atoms with van der Waals surface area (Å²) in [5.41, 5.74) is 2.52. The van der Waals surface area contributed by atoms with Gasteiger partial charge in [-0.3, -0.25) is 9.59 Å². The number of anilines is 3. The summed E-state index contributed by atoms with van der Waals surface area (Å²) in [4.78, 5) is 36.1. The molecule has 0 aromatic heterocycles. The maximum Gasteiger partial charge on any atom is 0.328 e. The van der Waals surface area contributed by atoms with E-state index in [4.69, 9.17) is 4.74 Å². The zero-order valence-corrected chi connectivity index (χ0v) is 17.6. The largest absolute Gasteiger partial charge is 0.467 e. The number of para-hydroxylation sites is 1. The molecule has 0 unspecified atom stereocenters. The maximum absolute atomic E-state index is 12.1. The molecule has 0 radical (unpaired) electrons. The number of hydrogen-bond acceptors (Lipinski definition) is 5. The standard InChI is InChI=1S/C23H29N3O4/c1-16(2)15-20(23(29)30-3)26-22(28)14-13-21(27)25-19-11-9-18(10-12-19)24-17-7-5-4-6-8-17/h4-12,16,20,24H,13-15H2,1-3H3,(H,25,27)(H,26,28)/t20-/m0/s1. The van der Waals surface area contributed by atoms with Crippen molar-refractivity contribution in [3.8, 4) is 0 Å². The lowest BCUT2D eigenvalue weighted by atomic mass is 10.0. The van der Waals surface area contributed by atoms with Gasteiger partial charge in [-0.2, -0.15) is 0 Å². The zero-order valence-electron chi connectivity index (χ0n) is 17.6. The Kier molecular flexibility index (Phi) is 8.87. The van der Waals surface area contributed by atoms with Gasteiger partial charge in [0, 0.05) is 29.9 Å². The fourth-order valence-corrected chi connectivity index (χ4v) is 2.87. The van der Waals surface area contributed by atoms with E-state index in [1.54, 1.807) is 12.1 Å². The van der Waals surface area contributed by atoms with E-state index >= 15 is 0 Å². The van der Waals surface area contributed by atoms with E-state index in [0.29, 0.717) is 12.1 Å². The van der Waals surface area contributed by atoms with Gasteiger partial charge in [0.1, 0.15) is 6.04 Å². The molecular formula is C23H29N3O4. The van der Waals surface area contributed by atoms with Crippen LogP contribution in [0.3, 0.4) is 0 Å². The van der Waals surface area contributed by atoms with Gasteiger partial charge in [-0.25, -0.2) is 4.79 Å². The molecule has 2 amide bonds. The predicted octanol–water partition coefficient (Wildman–Crippen LogP) is 3.85. The summed E-state index contributed by atoms with van der Waals surface area (Å²) in [5, 5.41) is 8.68. The minimum atomic E-state index is -0.699. The topological polar surface area (TPSA) is 96.5 Å². The molecule has 1 atom stereocenters. The van der Waals surface area contributed by atoms with Crippen molar-refractivity contribution in [1.29, 1.82) is 0 Å². The molecule has 2 aromatic rings. The first-order valence-electron chi connectivity index (χ1n) is 9.96. The third kappa shape index (κ3) is 7.95. The normalized spacial score (nSPS) is 11.5. The Bertz CT molecular complexity index is 835. The van der Waals surface area contributed by atoms with Crippen LogP contribution in [0.4, 0.5) is 17.1 Å². The molecule has 0 fully saturated rings. The average Bonchev–Trinajstić information content (AvgIpc) is 2.73. The molecule has 2 aromatic carbocycles. The second-order valence-electron chi connectivity index (χ2n) is 7.39. The van der Waals surface area contributed by atoms with Crippen LogP contribution in [0.5, 0.6) is 0 Å². The Morgan fingerprint density at radius 3 is 2.00 bits per heavy atom. The number of ether oxygens (including phenoxy) is 1. The number of benzene rings is 2. The molecule has 160 valence electrons. The predicted molar refractivity (Wildman–Crippen MR) is 117 cm³/mol. The molecule has 0 aliphatic heterocycles. The van der Waals surface area contributed by atoms with Gasteiger partial charge in [0.2, 0.25) is 11.8 Å². The quantitative estimate of drug-likeness (QED) is 0.516. The van der Waals surface area contributed by atoms with Crippen molar-refractivity contribution < 1.29 is 19.1 Å². The zero-order chi connectivity index (χ0) is 21.9. The number of nitrogens with one attached hydrogen (secondary N) is 3. The van der Waals surface area contributed by atoms with Gasteiger partial charge in [0.25, 0.3) is 0 Å². The van der Waals surface area contributed by atoms with Crippen LogP contribution in [-0.4, -0.2) is 30.9 Å². The molecule has 3 N–H and O–H groups in total. The molecule has 0 heterocycles. The van der Waals surface area contributed by atoms with E-state index in [-0.39, 0.29) is 30.6 Å². The number of carbonyl (C=O) groups is 3. The summed E-state index contributed by atoms with van der Waals surface area (Å²) >= 11 is 0. The molecule has 2 rings (SSSR count). The molecule has 0 aliphatic rings. The lowest BCUT2D eigenvalue weighted by molar-refractivity contribution is -0.145. The minimum Gasteiger partial charge on any atom is -0.467 e. The SMILES string of the molecule is COC(=O)[C@H](CC(C)C)NC(=O)CCC(=O)Nc1ccc(Nc2ccccc2)cc1. The van der Waals surface area contributed by atoms with Gasteiger partial charge in [-0.1, -0.05) is 32.0 Å². The summed E-state index contributed by atoms with van der Waals surface area (Å²) in [5.74, 6) is -0.890. The van der Waals surface area contributed by atoms with Crippen molar-refractivity contribution >= 4 is 34.8 Å². The number of amides is 2. The van der Waals surface area contributed by atoms with Gasteiger partial charge < -0.3 is 20.7 Å². The number of methoxy groups -OCH3 is 1. The highest BCUT2D eigenvalue weighted by atomic mass is 16.5. The Morgan fingerprint density at radius 1 is 0.833 bits per heavy atom. The Balaban J connectivity index is 1.79. The first-order valence-corrected chi connectivity index (χ1v) is 9.96. The van der Waals surface area contributed by atoms with E-state index in [9.17, 15) is 14.4 Å². The highest BCUT2D eigenvalue weighted by Crippen LogP contribution is 2.18. The summed E-state index contributed by atoms with van der Waals surface area (Å²) in [6.07, 6.45) is 0.491. The highest BCUT2D eigenvalue weighted by molar-refractivity contribution is 5.94. The molecule has 30 heavy (non-hydrogen) atoms. The summed E-state index contributed by atoms with van der Waals surface area (Å²) in [7, 11) is 1.29. The lowest BCUT2D eigenvalue weighted by Gasteiger charge is -2.18. The Labute approximate surface area is 177 Å².